The minimum atomic E-state index is -1.45. The third-order valence-electron chi connectivity index (χ3n) is 2.66. The van der Waals surface area contributed by atoms with E-state index in [1.165, 1.54) is 6.07 Å². The molecule has 0 spiro atoms. The van der Waals surface area contributed by atoms with Crippen molar-refractivity contribution >= 4 is 17.8 Å². The van der Waals surface area contributed by atoms with Crippen LogP contribution in [0, 0.1) is 11.6 Å². The van der Waals surface area contributed by atoms with Crippen LogP contribution in [-0.2, 0) is 25.5 Å². The zero-order valence-electron chi connectivity index (χ0n) is 11.8. The third-order valence-corrected chi connectivity index (χ3v) is 2.66. The number of ether oxygens (including phenoxy) is 1. The van der Waals surface area contributed by atoms with E-state index in [0.717, 1.165) is 12.1 Å². The average Bonchev–Trinajstić information content (AvgIpc) is 2.42. The van der Waals surface area contributed by atoms with Crippen molar-refractivity contribution in [3.05, 3.63) is 35.4 Å². The number of amides is 1. The number of benzene rings is 1. The zero-order chi connectivity index (χ0) is 16.7. The van der Waals surface area contributed by atoms with Gasteiger partial charge in [0.2, 0.25) is 5.91 Å². The molecule has 120 valence electrons. The number of nitrogens with one attached hydrogen (secondary N) is 1. The Hall–Kier alpha value is -2.51. The fraction of sp³-hybridized carbons (Fsp3) is 0.357. The van der Waals surface area contributed by atoms with E-state index < -0.39 is 41.9 Å². The lowest BCUT2D eigenvalue weighted by molar-refractivity contribution is -0.150. The van der Waals surface area contributed by atoms with Gasteiger partial charge < -0.3 is 15.2 Å². The summed E-state index contributed by atoms with van der Waals surface area (Å²) in [6, 6.07) is 1.47. The number of esters is 1. The van der Waals surface area contributed by atoms with Crippen molar-refractivity contribution in [2.24, 2.45) is 0 Å². The van der Waals surface area contributed by atoms with E-state index in [2.05, 4.69) is 10.1 Å². The Morgan fingerprint density at radius 1 is 1.27 bits per heavy atom. The number of carboxylic acids is 1. The molecule has 1 aromatic rings. The highest BCUT2D eigenvalue weighted by Gasteiger charge is 2.24. The number of aliphatic carboxylic acids is 1. The van der Waals surface area contributed by atoms with E-state index in [0.29, 0.717) is 0 Å². The fourth-order valence-electron chi connectivity index (χ4n) is 1.67. The Labute approximate surface area is 125 Å². The number of halogens is 2. The van der Waals surface area contributed by atoms with Gasteiger partial charge in [-0.05, 0) is 24.6 Å². The highest BCUT2D eigenvalue weighted by Crippen LogP contribution is 2.09. The summed E-state index contributed by atoms with van der Waals surface area (Å²) in [4.78, 5) is 34.0. The van der Waals surface area contributed by atoms with Crippen LogP contribution in [0.25, 0.3) is 0 Å². The zero-order valence-corrected chi connectivity index (χ0v) is 11.8. The SMILES string of the molecule is CCOC(=O)C[C@H](NC(=O)Cc1ccc(F)c(F)c1)C(=O)O. The molecular formula is C14H15F2NO5. The molecule has 1 rings (SSSR count). The summed E-state index contributed by atoms with van der Waals surface area (Å²) < 4.78 is 30.4. The molecule has 0 aliphatic rings. The molecule has 0 saturated carbocycles. The van der Waals surface area contributed by atoms with Crippen molar-refractivity contribution in [3.63, 3.8) is 0 Å². The Morgan fingerprint density at radius 3 is 2.50 bits per heavy atom. The lowest BCUT2D eigenvalue weighted by atomic mass is 10.1. The first kappa shape index (κ1) is 17.5. The molecule has 6 nitrogen and oxygen atoms in total. The summed E-state index contributed by atoms with van der Waals surface area (Å²) in [5.74, 6) is -5.04. The Kier molecular flexibility index (Phi) is 6.43. The highest BCUT2D eigenvalue weighted by atomic mass is 19.2. The Balaban J connectivity index is 2.65. The van der Waals surface area contributed by atoms with Gasteiger partial charge >= 0.3 is 11.9 Å². The van der Waals surface area contributed by atoms with Gasteiger partial charge in [-0.3, -0.25) is 9.59 Å². The predicted molar refractivity (Wildman–Crippen MR) is 70.9 cm³/mol. The van der Waals surface area contributed by atoms with Gasteiger partial charge in [-0.25, -0.2) is 13.6 Å². The Bertz CT molecular complexity index is 576. The first-order chi connectivity index (χ1) is 10.3. The largest absolute Gasteiger partial charge is 0.480 e. The summed E-state index contributed by atoms with van der Waals surface area (Å²) in [5, 5.41) is 11.1. The van der Waals surface area contributed by atoms with Crippen LogP contribution in [0.15, 0.2) is 18.2 Å². The predicted octanol–water partition coefficient (Wildman–Crippen LogP) is 1.03. The molecule has 0 heterocycles. The molecule has 1 aromatic carbocycles. The number of hydrogen-bond acceptors (Lipinski definition) is 4. The van der Waals surface area contributed by atoms with Crippen LogP contribution in [-0.4, -0.2) is 35.6 Å². The molecule has 0 aromatic heterocycles. The van der Waals surface area contributed by atoms with E-state index in [1.54, 1.807) is 6.92 Å². The summed E-state index contributed by atoms with van der Waals surface area (Å²) >= 11 is 0. The second kappa shape index (κ2) is 8.06. The van der Waals surface area contributed by atoms with Crippen LogP contribution in [0.4, 0.5) is 8.78 Å². The molecule has 1 amide bonds. The molecule has 0 fully saturated rings. The maximum atomic E-state index is 13.0. The second-order valence-electron chi connectivity index (χ2n) is 4.39. The maximum Gasteiger partial charge on any atom is 0.326 e. The van der Waals surface area contributed by atoms with Crippen molar-refractivity contribution < 1.29 is 33.0 Å². The molecule has 0 bridgehead atoms. The lowest BCUT2D eigenvalue weighted by Crippen LogP contribution is -2.43. The van der Waals surface area contributed by atoms with Gasteiger partial charge in [0.25, 0.3) is 0 Å². The van der Waals surface area contributed by atoms with Crippen LogP contribution in [0.2, 0.25) is 0 Å². The van der Waals surface area contributed by atoms with Gasteiger partial charge in [-0.15, -0.1) is 0 Å². The molecule has 22 heavy (non-hydrogen) atoms. The van der Waals surface area contributed by atoms with E-state index in [4.69, 9.17) is 5.11 Å². The smallest absolute Gasteiger partial charge is 0.326 e. The first-order valence-electron chi connectivity index (χ1n) is 6.45. The second-order valence-corrected chi connectivity index (χ2v) is 4.39. The van der Waals surface area contributed by atoms with Gasteiger partial charge in [0.05, 0.1) is 19.4 Å². The van der Waals surface area contributed by atoms with Crippen LogP contribution >= 0.6 is 0 Å². The minimum Gasteiger partial charge on any atom is -0.480 e. The topological polar surface area (TPSA) is 92.7 Å². The van der Waals surface area contributed by atoms with Crippen LogP contribution < -0.4 is 5.32 Å². The van der Waals surface area contributed by atoms with Gasteiger partial charge in [0.1, 0.15) is 6.04 Å². The van der Waals surface area contributed by atoms with Crippen LogP contribution in [0.1, 0.15) is 18.9 Å². The van der Waals surface area contributed by atoms with Crippen molar-refractivity contribution in [1.82, 2.24) is 5.32 Å². The number of hydrogen-bond donors (Lipinski definition) is 2. The number of rotatable bonds is 7. The molecule has 0 radical (unpaired) electrons. The quantitative estimate of drug-likeness (QED) is 0.733. The van der Waals surface area contributed by atoms with E-state index in [-0.39, 0.29) is 18.6 Å². The van der Waals surface area contributed by atoms with Crippen molar-refractivity contribution in [2.45, 2.75) is 25.8 Å². The van der Waals surface area contributed by atoms with E-state index in [1.807, 2.05) is 0 Å². The monoisotopic (exact) mass is 315 g/mol. The Morgan fingerprint density at radius 2 is 1.95 bits per heavy atom. The summed E-state index contributed by atoms with van der Waals surface area (Å²) in [6.07, 6.45) is -0.865. The molecular weight excluding hydrogens is 300 g/mol. The molecule has 1 atom stereocenters. The van der Waals surface area contributed by atoms with Gasteiger partial charge in [-0.1, -0.05) is 6.07 Å². The molecule has 0 aliphatic carbocycles. The van der Waals surface area contributed by atoms with Gasteiger partial charge in [0, 0.05) is 0 Å². The molecule has 2 N–H and O–H groups in total. The van der Waals surface area contributed by atoms with Crippen molar-refractivity contribution in [2.75, 3.05) is 6.61 Å². The minimum absolute atomic E-state index is 0.0912. The van der Waals surface area contributed by atoms with E-state index in [9.17, 15) is 23.2 Å². The first-order valence-corrected chi connectivity index (χ1v) is 6.45. The molecule has 0 saturated heterocycles. The average molecular weight is 315 g/mol. The van der Waals surface area contributed by atoms with E-state index >= 15 is 0 Å². The molecule has 0 unspecified atom stereocenters. The highest BCUT2D eigenvalue weighted by molar-refractivity contribution is 5.88. The number of carbonyl (C=O) groups is 3. The van der Waals surface area contributed by atoms with Gasteiger partial charge in [0.15, 0.2) is 11.6 Å². The molecule has 8 heteroatoms. The maximum absolute atomic E-state index is 13.0. The van der Waals surface area contributed by atoms with Crippen LogP contribution in [0.3, 0.4) is 0 Å². The standard InChI is InChI=1S/C14H15F2NO5/c1-2-22-13(19)7-11(14(20)21)17-12(18)6-8-3-4-9(15)10(16)5-8/h3-5,11H,2,6-7H2,1H3,(H,17,18)(H,20,21)/t11-/m0/s1. The van der Waals surface area contributed by atoms with Crippen molar-refractivity contribution in [1.29, 1.82) is 0 Å². The van der Waals surface area contributed by atoms with Gasteiger partial charge in [-0.2, -0.15) is 0 Å². The fourth-order valence-corrected chi connectivity index (χ4v) is 1.67. The number of carbonyl (C=O) groups excluding carboxylic acids is 2. The number of carboxylic acid groups (broad SMARTS) is 1. The third kappa shape index (κ3) is 5.47. The summed E-state index contributed by atoms with van der Waals surface area (Å²) in [7, 11) is 0. The lowest BCUT2D eigenvalue weighted by Gasteiger charge is -2.13. The summed E-state index contributed by atoms with van der Waals surface area (Å²) in [6.45, 7) is 1.66. The normalized spacial score (nSPS) is 11.6. The van der Waals surface area contributed by atoms with Crippen molar-refractivity contribution in [3.8, 4) is 0 Å². The summed E-state index contributed by atoms with van der Waals surface area (Å²) in [5.41, 5.74) is 0.177. The molecule has 0 aliphatic heterocycles. The van der Waals surface area contributed by atoms with Crippen LogP contribution in [0.5, 0.6) is 0 Å².